The summed E-state index contributed by atoms with van der Waals surface area (Å²) < 4.78 is 60.7. The highest BCUT2D eigenvalue weighted by atomic mass is 32.2. The van der Waals surface area contributed by atoms with Crippen LogP contribution in [0, 0.1) is 11.6 Å². The lowest BCUT2D eigenvalue weighted by molar-refractivity contribution is 0.0523. The molecule has 1 saturated heterocycles. The van der Waals surface area contributed by atoms with Crippen LogP contribution in [0.2, 0.25) is 0 Å². The molecule has 6 nitrogen and oxygen atoms in total. The molecule has 2 aromatic carbocycles. The van der Waals surface area contributed by atoms with Crippen LogP contribution in [-0.4, -0.2) is 32.4 Å². The Morgan fingerprint density at radius 3 is 2.52 bits per heavy atom. The Kier molecular flexibility index (Phi) is 6.54. The highest BCUT2D eigenvalue weighted by molar-refractivity contribution is 7.92. The van der Waals surface area contributed by atoms with E-state index in [9.17, 15) is 22.0 Å². The number of amides is 1. The number of carbonyl (C=O) groups excluding carboxylic acids is 1. The van der Waals surface area contributed by atoms with E-state index in [4.69, 9.17) is 4.74 Å². The molecular formula is C22H26F2N2O4S. The number of para-hydroxylation sites is 1. The normalized spacial score (nSPS) is 16.1. The van der Waals surface area contributed by atoms with Gasteiger partial charge in [-0.15, -0.1) is 0 Å². The summed E-state index contributed by atoms with van der Waals surface area (Å²) in [6.07, 6.45) is 0.478. The molecule has 168 valence electrons. The number of ether oxygens (including phenoxy) is 1. The number of rotatable bonds is 4. The molecule has 0 radical (unpaired) electrons. The van der Waals surface area contributed by atoms with Gasteiger partial charge in [0.25, 0.3) is 0 Å². The van der Waals surface area contributed by atoms with Gasteiger partial charge in [0.05, 0.1) is 11.4 Å². The average molecular weight is 453 g/mol. The van der Waals surface area contributed by atoms with Crippen molar-refractivity contribution in [2.45, 2.75) is 45.8 Å². The lowest BCUT2D eigenvalue weighted by Crippen LogP contribution is -2.38. The van der Waals surface area contributed by atoms with E-state index in [1.165, 1.54) is 24.3 Å². The van der Waals surface area contributed by atoms with E-state index in [2.05, 4.69) is 5.32 Å². The number of nitrogens with zero attached hydrogens (tertiary/aromatic N) is 1. The predicted molar refractivity (Wildman–Crippen MR) is 115 cm³/mol. The van der Waals surface area contributed by atoms with Gasteiger partial charge in [-0.05, 0) is 51.3 Å². The number of sulfonamides is 1. The third-order valence-corrected chi connectivity index (χ3v) is 6.61. The molecule has 1 amide bonds. The number of nitrogens with one attached hydrogen (secondary N) is 1. The molecule has 0 bridgehead atoms. The Morgan fingerprint density at radius 2 is 1.87 bits per heavy atom. The number of anilines is 1. The van der Waals surface area contributed by atoms with Gasteiger partial charge < -0.3 is 10.1 Å². The van der Waals surface area contributed by atoms with Crippen LogP contribution >= 0.6 is 0 Å². The molecule has 9 heteroatoms. The molecule has 0 aliphatic carbocycles. The summed E-state index contributed by atoms with van der Waals surface area (Å²) in [5, 5.41) is 2.49. The number of hydrogen-bond donors (Lipinski definition) is 1. The maximum Gasteiger partial charge on any atom is 0.407 e. The third-order valence-electron chi connectivity index (χ3n) is 4.77. The lowest BCUT2D eigenvalue weighted by atomic mass is 10.0. The molecule has 3 rings (SSSR count). The SMILES string of the molecule is CC(C)(C)OC(=O)NCc1ccc(-c2cccc(F)c2N2CCCCS2(=O)=O)cc1F. The van der Waals surface area contributed by atoms with Crippen molar-refractivity contribution in [3.05, 3.63) is 53.6 Å². The van der Waals surface area contributed by atoms with E-state index in [1.54, 1.807) is 32.9 Å². The number of benzene rings is 2. The summed E-state index contributed by atoms with van der Waals surface area (Å²) >= 11 is 0. The molecule has 0 atom stereocenters. The highest BCUT2D eigenvalue weighted by Gasteiger charge is 2.30. The predicted octanol–water partition coefficient (Wildman–Crippen LogP) is 4.59. The molecule has 31 heavy (non-hydrogen) atoms. The van der Waals surface area contributed by atoms with Crippen LogP contribution in [0.3, 0.4) is 0 Å². The van der Waals surface area contributed by atoms with Gasteiger partial charge in [0.15, 0.2) is 0 Å². The van der Waals surface area contributed by atoms with E-state index >= 15 is 0 Å². The zero-order valence-corrected chi connectivity index (χ0v) is 18.6. The minimum atomic E-state index is -3.64. The maximum atomic E-state index is 14.7. The summed E-state index contributed by atoms with van der Waals surface area (Å²) in [7, 11) is -3.64. The van der Waals surface area contributed by atoms with Gasteiger partial charge in [0.1, 0.15) is 17.2 Å². The molecular weight excluding hydrogens is 426 g/mol. The third kappa shape index (κ3) is 5.52. The molecule has 0 saturated carbocycles. The Balaban J connectivity index is 1.88. The van der Waals surface area contributed by atoms with Gasteiger partial charge >= 0.3 is 6.09 Å². The van der Waals surface area contributed by atoms with Crippen LogP contribution in [0.25, 0.3) is 11.1 Å². The van der Waals surface area contributed by atoms with Crippen molar-refractivity contribution in [2.75, 3.05) is 16.6 Å². The van der Waals surface area contributed by atoms with Crippen LogP contribution in [0.1, 0.15) is 39.2 Å². The van der Waals surface area contributed by atoms with Crippen LogP contribution in [0.5, 0.6) is 0 Å². The van der Waals surface area contributed by atoms with Crippen molar-refractivity contribution in [3.63, 3.8) is 0 Å². The van der Waals surface area contributed by atoms with Gasteiger partial charge in [-0.25, -0.2) is 22.0 Å². The van der Waals surface area contributed by atoms with Crippen LogP contribution in [-0.2, 0) is 21.3 Å². The minimum Gasteiger partial charge on any atom is -0.444 e. The fourth-order valence-corrected chi connectivity index (χ4v) is 5.04. The first kappa shape index (κ1) is 23.0. The van der Waals surface area contributed by atoms with Gasteiger partial charge in [-0.3, -0.25) is 4.31 Å². The second-order valence-electron chi connectivity index (χ2n) is 8.39. The summed E-state index contributed by atoms with van der Waals surface area (Å²) in [5.74, 6) is -1.34. The van der Waals surface area contributed by atoms with Gasteiger partial charge in [-0.1, -0.05) is 24.3 Å². The molecule has 1 aliphatic heterocycles. The van der Waals surface area contributed by atoms with Crippen molar-refractivity contribution in [3.8, 4) is 11.1 Å². The summed E-state index contributed by atoms with van der Waals surface area (Å²) in [5.41, 5.74) is 0.110. The van der Waals surface area contributed by atoms with Gasteiger partial charge in [0, 0.05) is 24.2 Å². The molecule has 0 aromatic heterocycles. The molecule has 1 N–H and O–H groups in total. The largest absolute Gasteiger partial charge is 0.444 e. The number of halogens is 2. The zero-order chi connectivity index (χ0) is 22.8. The average Bonchev–Trinajstić information content (AvgIpc) is 2.65. The second kappa shape index (κ2) is 8.82. The van der Waals surface area contributed by atoms with Crippen molar-refractivity contribution >= 4 is 21.8 Å². The standard InChI is InChI=1S/C22H26F2N2O4S/c1-22(2,3)30-21(27)25-14-16-10-9-15(13-19(16)24)17-7-6-8-18(23)20(17)26-11-4-5-12-31(26,28)29/h6-10,13H,4-5,11-12,14H2,1-3H3,(H,25,27). The van der Waals surface area contributed by atoms with Crippen molar-refractivity contribution < 1.29 is 26.7 Å². The van der Waals surface area contributed by atoms with Gasteiger partial charge in [0.2, 0.25) is 10.0 Å². The quantitative estimate of drug-likeness (QED) is 0.737. The fraction of sp³-hybridized carbons (Fsp3) is 0.409. The van der Waals surface area contributed by atoms with E-state index in [1.807, 2.05) is 0 Å². The van der Waals surface area contributed by atoms with Crippen molar-refractivity contribution in [2.24, 2.45) is 0 Å². The first-order chi connectivity index (χ1) is 14.5. The molecule has 0 unspecified atom stereocenters. The van der Waals surface area contributed by atoms with Gasteiger partial charge in [-0.2, -0.15) is 0 Å². The molecule has 2 aromatic rings. The maximum absolute atomic E-state index is 14.7. The van der Waals surface area contributed by atoms with E-state index in [0.717, 1.165) is 4.31 Å². The number of hydrogen-bond acceptors (Lipinski definition) is 4. The molecule has 1 fully saturated rings. The fourth-order valence-electron chi connectivity index (χ4n) is 3.38. The van der Waals surface area contributed by atoms with Crippen LogP contribution in [0.4, 0.5) is 19.3 Å². The highest BCUT2D eigenvalue weighted by Crippen LogP contribution is 2.37. The smallest absolute Gasteiger partial charge is 0.407 e. The lowest BCUT2D eigenvalue weighted by Gasteiger charge is -2.30. The first-order valence-electron chi connectivity index (χ1n) is 10.0. The first-order valence-corrected chi connectivity index (χ1v) is 11.6. The van der Waals surface area contributed by atoms with Crippen LogP contribution < -0.4 is 9.62 Å². The monoisotopic (exact) mass is 452 g/mol. The molecule has 1 heterocycles. The Labute approximate surface area is 181 Å². The van der Waals surface area contributed by atoms with E-state index in [-0.39, 0.29) is 35.7 Å². The second-order valence-corrected chi connectivity index (χ2v) is 10.4. The zero-order valence-electron chi connectivity index (χ0n) is 17.7. The van der Waals surface area contributed by atoms with E-state index < -0.39 is 33.4 Å². The number of carbonyl (C=O) groups is 1. The van der Waals surface area contributed by atoms with Crippen molar-refractivity contribution in [1.29, 1.82) is 0 Å². The van der Waals surface area contributed by atoms with Crippen molar-refractivity contribution in [1.82, 2.24) is 5.32 Å². The Hall–Kier alpha value is -2.68. The Bertz CT molecular complexity index is 1080. The number of alkyl carbamates (subject to hydrolysis) is 1. The molecule has 1 aliphatic rings. The summed E-state index contributed by atoms with van der Waals surface area (Å²) in [4.78, 5) is 11.8. The Morgan fingerprint density at radius 1 is 1.13 bits per heavy atom. The minimum absolute atomic E-state index is 0.0512. The topological polar surface area (TPSA) is 75.7 Å². The summed E-state index contributed by atoms with van der Waals surface area (Å²) in [6, 6.07) is 8.47. The molecule has 0 spiro atoms. The van der Waals surface area contributed by atoms with E-state index in [0.29, 0.717) is 18.4 Å². The van der Waals surface area contributed by atoms with Crippen LogP contribution in [0.15, 0.2) is 36.4 Å². The summed E-state index contributed by atoms with van der Waals surface area (Å²) in [6.45, 7) is 5.26.